The van der Waals surface area contributed by atoms with E-state index in [2.05, 4.69) is 15.3 Å². The number of aryl methyl sites for hydroxylation is 1. The Morgan fingerprint density at radius 3 is 2.97 bits per heavy atom. The Bertz CT molecular complexity index is 1130. The summed E-state index contributed by atoms with van der Waals surface area (Å²) in [7, 11) is 1.63. The molecule has 2 N–H and O–H groups in total. The first kappa shape index (κ1) is 19.9. The number of aromatic nitrogens is 2. The summed E-state index contributed by atoms with van der Waals surface area (Å²) >= 11 is 2.85. The van der Waals surface area contributed by atoms with Gasteiger partial charge in [0.1, 0.15) is 22.2 Å². The van der Waals surface area contributed by atoms with Crippen LogP contribution in [0.2, 0.25) is 0 Å². The second-order valence-corrected chi connectivity index (χ2v) is 10.0. The lowest BCUT2D eigenvalue weighted by atomic mass is 9.88. The van der Waals surface area contributed by atoms with Crippen LogP contribution in [0.15, 0.2) is 35.4 Å². The molecule has 0 spiro atoms. The van der Waals surface area contributed by atoms with Crippen molar-refractivity contribution >= 4 is 39.8 Å². The number of thioether (sulfide) groups is 1. The first-order chi connectivity index (χ1) is 14.5. The average Bonchev–Trinajstić information content (AvgIpc) is 3.47. The fourth-order valence-electron chi connectivity index (χ4n) is 4.54. The van der Waals surface area contributed by atoms with Crippen LogP contribution in [0.1, 0.15) is 33.2 Å². The van der Waals surface area contributed by atoms with Crippen molar-refractivity contribution in [2.24, 2.45) is 5.92 Å². The van der Waals surface area contributed by atoms with E-state index in [0.717, 1.165) is 45.9 Å². The Kier molecular flexibility index (Phi) is 5.05. The fourth-order valence-corrected chi connectivity index (χ4v) is 6.69. The lowest BCUT2D eigenvalue weighted by Gasteiger charge is -2.31. The van der Waals surface area contributed by atoms with Gasteiger partial charge in [0.25, 0.3) is 0 Å². The Labute approximate surface area is 183 Å². The third-order valence-electron chi connectivity index (χ3n) is 6.08. The molecular formula is C22H23N3O3S2. The van der Waals surface area contributed by atoms with Crippen molar-refractivity contribution in [1.29, 1.82) is 0 Å². The summed E-state index contributed by atoms with van der Waals surface area (Å²) in [5.74, 6) is 1.99. The van der Waals surface area contributed by atoms with Gasteiger partial charge in [0, 0.05) is 28.8 Å². The Hall–Kier alpha value is -2.00. The number of thiophene rings is 1. The molecule has 1 saturated carbocycles. The number of carbonyl (C=O) groups is 1. The van der Waals surface area contributed by atoms with E-state index in [9.17, 15) is 9.90 Å². The minimum atomic E-state index is -0.789. The molecule has 6 nitrogen and oxygen atoms in total. The van der Waals surface area contributed by atoms with Gasteiger partial charge in [0.2, 0.25) is 0 Å². The number of methoxy groups -OCH3 is 1. The van der Waals surface area contributed by atoms with E-state index in [1.807, 2.05) is 37.3 Å². The molecule has 3 heterocycles. The molecule has 2 aromatic heterocycles. The highest BCUT2D eigenvalue weighted by Crippen LogP contribution is 2.48. The second-order valence-electron chi connectivity index (χ2n) is 8.00. The molecule has 30 heavy (non-hydrogen) atoms. The topological polar surface area (TPSA) is 84.3 Å². The number of piperidine rings is 1. The lowest BCUT2D eigenvalue weighted by molar-refractivity contribution is -0.00837. The molecule has 1 aliphatic heterocycles. The van der Waals surface area contributed by atoms with Gasteiger partial charge in [-0.25, -0.2) is 9.97 Å². The maximum atomic E-state index is 12.9. The van der Waals surface area contributed by atoms with Crippen molar-refractivity contribution in [2.75, 3.05) is 19.4 Å². The summed E-state index contributed by atoms with van der Waals surface area (Å²) in [5.41, 5.74) is 0.0479. The van der Waals surface area contributed by atoms with Gasteiger partial charge in [-0.05, 0) is 50.1 Å². The highest BCUT2D eigenvalue weighted by atomic mass is 32.2. The Morgan fingerprint density at radius 2 is 2.23 bits per heavy atom. The molecule has 0 radical (unpaired) electrons. The molecule has 3 atom stereocenters. The van der Waals surface area contributed by atoms with Gasteiger partial charge in [0.05, 0.1) is 23.3 Å². The molecule has 1 aliphatic carbocycles. The van der Waals surface area contributed by atoms with E-state index >= 15 is 0 Å². The van der Waals surface area contributed by atoms with E-state index in [4.69, 9.17) is 4.74 Å². The number of ether oxygens (including phenoxy) is 1. The molecule has 156 valence electrons. The van der Waals surface area contributed by atoms with Crippen LogP contribution in [0.4, 0.5) is 0 Å². The number of carbonyl (C=O) groups excluding carboxylic acids is 1. The first-order valence-electron chi connectivity index (χ1n) is 10.0. The molecule has 2 fully saturated rings. The van der Waals surface area contributed by atoms with Gasteiger partial charge >= 0.3 is 0 Å². The highest BCUT2D eigenvalue weighted by molar-refractivity contribution is 8.00. The minimum Gasteiger partial charge on any atom is -0.497 e. The van der Waals surface area contributed by atoms with Gasteiger partial charge in [-0.1, -0.05) is 11.8 Å². The molecular weight excluding hydrogens is 418 g/mol. The third kappa shape index (κ3) is 3.41. The van der Waals surface area contributed by atoms with E-state index in [0.29, 0.717) is 16.7 Å². The Morgan fingerprint density at radius 1 is 1.37 bits per heavy atom. The number of fused-ring (bicyclic) bond motifs is 3. The van der Waals surface area contributed by atoms with Crippen LogP contribution < -0.4 is 10.1 Å². The number of rotatable bonds is 6. The number of benzene rings is 1. The zero-order valence-electron chi connectivity index (χ0n) is 16.8. The molecule has 2 bridgehead atoms. The SMILES string of the molecule is COc1ccc2nc(C)nc(SCC(=O)c3ccc([C@]4(O)CC5CC4CN5)s3)c2c1. The van der Waals surface area contributed by atoms with Crippen LogP contribution in [0.3, 0.4) is 0 Å². The molecule has 2 aliphatic rings. The largest absolute Gasteiger partial charge is 0.497 e. The summed E-state index contributed by atoms with van der Waals surface area (Å²) in [6, 6.07) is 9.86. The van der Waals surface area contributed by atoms with E-state index in [-0.39, 0.29) is 17.5 Å². The molecule has 1 aromatic carbocycles. The van der Waals surface area contributed by atoms with Crippen LogP contribution >= 0.6 is 23.1 Å². The van der Waals surface area contributed by atoms with E-state index in [1.54, 1.807) is 7.11 Å². The van der Waals surface area contributed by atoms with Gasteiger partial charge in [-0.3, -0.25) is 4.79 Å². The van der Waals surface area contributed by atoms with Gasteiger partial charge in [-0.2, -0.15) is 0 Å². The van der Waals surface area contributed by atoms with Crippen LogP contribution in [0.5, 0.6) is 5.75 Å². The monoisotopic (exact) mass is 441 g/mol. The molecule has 2 unspecified atom stereocenters. The molecule has 1 saturated heterocycles. The van der Waals surface area contributed by atoms with Gasteiger partial charge in [-0.15, -0.1) is 11.3 Å². The standard InChI is InChI=1S/C22H23N3O3S2/c1-12-24-17-4-3-15(28-2)8-16(17)21(25-12)29-11-18(26)19-5-6-20(30-19)22(27)9-14-7-13(22)10-23-14/h3-6,8,13-14,23,27H,7,9-11H2,1-2H3/t13?,14?,22-/m0/s1. The molecule has 8 heteroatoms. The highest BCUT2D eigenvalue weighted by Gasteiger charge is 2.51. The zero-order valence-corrected chi connectivity index (χ0v) is 18.5. The summed E-state index contributed by atoms with van der Waals surface area (Å²) in [6.07, 6.45) is 1.74. The van der Waals surface area contributed by atoms with Crippen molar-refractivity contribution in [3.8, 4) is 5.75 Å². The molecule has 3 aromatic rings. The zero-order chi connectivity index (χ0) is 20.9. The van der Waals surface area contributed by atoms with Crippen molar-refractivity contribution < 1.29 is 14.6 Å². The molecule has 5 rings (SSSR count). The maximum absolute atomic E-state index is 12.9. The van der Waals surface area contributed by atoms with Crippen LogP contribution in [-0.2, 0) is 5.60 Å². The summed E-state index contributed by atoms with van der Waals surface area (Å²) in [4.78, 5) is 23.5. The molecule has 0 amide bonds. The van der Waals surface area contributed by atoms with Crippen molar-refractivity contribution in [1.82, 2.24) is 15.3 Å². The summed E-state index contributed by atoms with van der Waals surface area (Å²) in [5, 5.41) is 16.3. The summed E-state index contributed by atoms with van der Waals surface area (Å²) < 4.78 is 5.33. The Balaban J connectivity index is 1.34. The number of nitrogens with zero attached hydrogens (tertiary/aromatic N) is 2. The smallest absolute Gasteiger partial charge is 0.183 e. The normalized spacial score (nSPS) is 25.2. The number of aliphatic hydroxyl groups is 1. The second kappa shape index (κ2) is 7.60. The van der Waals surface area contributed by atoms with E-state index < -0.39 is 5.60 Å². The van der Waals surface area contributed by atoms with Crippen LogP contribution in [0.25, 0.3) is 10.9 Å². The number of Topliss-reactive ketones (excluding diaryl/α,β-unsaturated/α-hetero) is 1. The maximum Gasteiger partial charge on any atom is 0.183 e. The first-order valence-corrected chi connectivity index (χ1v) is 11.8. The fraction of sp³-hybridized carbons (Fsp3) is 0.409. The van der Waals surface area contributed by atoms with Crippen LogP contribution in [-0.4, -0.2) is 46.3 Å². The van der Waals surface area contributed by atoms with Gasteiger partial charge in [0.15, 0.2) is 5.78 Å². The van der Waals surface area contributed by atoms with Crippen molar-refractivity contribution in [3.05, 3.63) is 45.9 Å². The van der Waals surface area contributed by atoms with Crippen molar-refractivity contribution in [2.45, 2.75) is 36.4 Å². The average molecular weight is 442 g/mol. The van der Waals surface area contributed by atoms with E-state index in [1.165, 1.54) is 23.1 Å². The van der Waals surface area contributed by atoms with Crippen LogP contribution in [0, 0.1) is 12.8 Å². The number of hydrogen-bond acceptors (Lipinski definition) is 8. The number of hydrogen-bond donors (Lipinski definition) is 2. The third-order valence-corrected chi connectivity index (χ3v) is 8.37. The van der Waals surface area contributed by atoms with Crippen molar-refractivity contribution in [3.63, 3.8) is 0 Å². The predicted molar refractivity (Wildman–Crippen MR) is 119 cm³/mol. The predicted octanol–water partition coefficient (Wildman–Crippen LogP) is 3.55. The van der Waals surface area contributed by atoms with Gasteiger partial charge < -0.3 is 15.2 Å². The lowest BCUT2D eigenvalue weighted by Crippen LogP contribution is -2.40. The summed E-state index contributed by atoms with van der Waals surface area (Å²) in [6.45, 7) is 2.70. The number of ketones is 1. The minimum absolute atomic E-state index is 0.0495. The quantitative estimate of drug-likeness (QED) is 0.344. The number of nitrogens with one attached hydrogen (secondary N) is 1.